The lowest BCUT2D eigenvalue weighted by Gasteiger charge is -1.55. The Bertz CT molecular complexity index is 128. The van der Waals surface area contributed by atoms with Crippen LogP contribution in [0.5, 0.6) is 0 Å². The molecule has 3 heteroatoms. The van der Waals surface area contributed by atoms with Gasteiger partial charge in [0.2, 0.25) is 0 Å². The summed E-state index contributed by atoms with van der Waals surface area (Å²) >= 11 is 1.60. The third kappa shape index (κ3) is 1.94. The SMILES string of the molecule is N#CC(I)=C=O. The third-order valence-electron chi connectivity index (χ3n) is 0.188. The number of nitrogens with zero attached hydrogens (tertiary/aromatic N) is 1. The number of allylic oxidation sites excluding steroid dienone is 1. The van der Waals surface area contributed by atoms with E-state index in [-0.39, 0.29) is 3.58 Å². The second-order valence-electron chi connectivity index (χ2n) is 0.528. The first kappa shape index (κ1) is 5.67. The summed E-state index contributed by atoms with van der Waals surface area (Å²) in [6.07, 6.45) is 0. The molecule has 0 saturated carbocycles. The Morgan fingerprint density at radius 3 is 2.33 bits per heavy atom. The van der Waals surface area contributed by atoms with Gasteiger partial charge in [0, 0.05) is 0 Å². The molecule has 30 valence electrons. The van der Waals surface area contributed by atoms with Gasteiger partial charge in [-0.3, -0.25) is 0 Å². The summed E-state index contributed by atoms with van der Waals surface area (Å²) in [4.78, 5) is 9.34. The number of nitriles is 1. The highest BCUT2D eigenvalue weighted by atomic mass is 127. The Morgan fingerprint density at radius 2 is 2.33 bits per heavy atom. The van der Waals surface area contributed by atoms with Crippen LogP contribution in [0, 0.1) is 11.3 Å². The maximum Gasteiger partial charge on any atom is 0.173 e. The fraction of sp³-hybridized carbons (Fsp3) is 0. The van der Waals surface area contributed by atoms with Gasteiger partial charge in [0.25, 0.3) is 0 Å². The molecule has 0 fully saturated rings. The minimum absolute atomic E-state index is 0.0626. The molecule has 0 aliphatic rings. The minimum Gasteiger partial charge on any atom is -0.232 e. The van der Waals surface area contributed by atoms with Crippen molar-refractivity contribution in [3.8, 4) is 6.07 Å². The van der Waals surface area contributed by atoms with E-state index in [1.807, 2.05) is 0 Å². The van der Waals surface area contributed by atoms with Crippen LogP contribution in [0.2, 0.25) is 0 Å². The monoisotopic (exact) mass is 193 g/mol. The summed E-state index contributed by atoms with van der Waals surface area (Å²) in [5, 5.41) is 7.78. The molecule has 0 aromatic heterocycles. The van der Waals surface area contributed by atoms with Crippen molar-refractivity contribution in [2.24, 2.45) is 0 Å². The maximum absolute atomic E-state index is 9.34. The van der Waals surface area contributed by atoms with Crippen LogP contribution in [0.1, 0.15) is 0 Å². The molecule has 6 heavy (non-hydrogen) atoms. The lowest BCUT2D eigenvalue weighted by atomic mass is 10.7. The van der Waals surface area contributed by atoms with Gasteiger partial charge < -0.3 is 0 Å². The molecule has 2 nitrogen and oxygen atoms in total. The molecule has 0 bridgehead atoms. The Hall–Kier alpha value is -0.330. The van der Waals surface area contributed by atoms with Crippen LogP contribution in [0.4, 0.5) is 0 Å². The predicted molar refractivity (Wildman–Crippen MR) is 28.8 cm³/mol. The Kier molecular flexibility index (Phi) is 2.73. The zero-order chi connectivity index (χ0) is 4.99. The van der Waals surface area contributed by atoms with Crippen molar-refractivity contribution in [3.05, 3.63) is 3.58 Å². The van der Waals surface area contributed by atoms with Crippen molar-refractivity contribution in [3.63, 3.8) is 0 Å². The van der Waals surface area contributed by atoms with Gasteiger partial charge in [-0.15, -0.1) is 0 Å². The largest absolute Gasteiger partial charge is 0.232 e. The van der Waals surface area contributed by atoms with E-state index in [9.17, 15) is 4.79 Å². The summed E-state index contributed by atoms with van der Waals surface area (Å²) in [6, 6.07) is 1.59. The van der Waals surface area contributed by atoms with Crippen LogP contribution in [-0.2, 0) is 4.79 Å². The zero-order valence-electron chi connectivity index (χ0n) is 2.73. The van der Waals surface area contributed by atoms with Crippen molar-refractivity contribution in [2.45, 2.75) is 0 Å². The number of hydrogen-bond acceptors (Lipinski definition) is 2. The molecule has 0 aromatic carbocycles. The first-order valence-electron chi connectivity index (χ1n) is 1.12. The van der Waals surface area contributed by atoms with Crippen LogP contribution in [0.15, 0.2) is 3.58 Å². The molecule has 0 radical (unpaired) electrons. The lowest BCUT2D eigenvalue weighted by molar-refractivity contribution is 0.569. The summed E-state index contributed by atoms with van der Waals surface area (Å²) < 4.78 is 0.0626. The number of carbonyl (C=O) groups excluding carboxylic acids is 1. The second-order valence-corrected chi connectivity index (χ2v) is 1.61. The Labute approximate surface area is 48.6 Å². The summed E-state index contributed by atoms with van der Waals surface area (Å²) in [7, 11) is 0. The molecule has 0 rings (SSSR count). The van der Waals surface area contributed by atoms with E-state index in [0.717, 1.165) is 0 Å². The van der Waals surface area contributed by atoms with Gasteiger partial charge in [-0.1, -0.05) is 0 Å². The van der Waals surface area contributed by atoms with E-state index >= 15 is 0 Å². The van der Waals surface area contributed by atoms with Gasteiger partial charge in [-0.25, -0.2) is 4.79 Å². The van der Waals surface area contributed by atoms with Crippen molar-refractivity contribution >= 4 is 28.5 Å². The van der Waals surface area contributed by atoms with Gasteiger partial charge in [0.05, 0.1) is 0 Å². The molecule has 0 amide bonds. The minimum atomic E-state index is 0.0626. The quantitative estimate of drug-likeness (QED) is 0.322. The maximum atomic E-state index is 9.34. The molecule has 0 aliphatic carbocycles. The van der Waals surface area contributed by atoms with Gasteiger partial charge in [0.15, 0.2) is 9.52 Å². The summed E-state index contributed by atoms with van der Waals surface area (Å²) in [5.41, 5.74) is 0. The van der Waals surface area contributed by atoms with Crippen LogP contribution in [0.25, 0.3) is 0 Å². The van der Waals surface area contributed by atoms with Crippen LogP contribution >= 0.6 is 22.6 Å². The molecule has 0 unspecified atom stereocenters. The van der Waals surface area contributed by atoms with E-state index in [2.05, 4.69) is 0 Å². The van der Waals surface area contributed by atoms with Crippen molar-refractivity contribution < 1.29 is 4.79 Å². The first-order valence-corrected chi connectivity index (χ1v) is 2.20. The van der Waals surface area contributed by atoms with Crippen LogP contribution < -0.4 is 0 Å². The fourth-order valence-electron chi connectivity index (χ4n) is 0.0228. The van der Waals surface area contributed by atoms with Gasteiger partial charge >= 0.3 is 0 Å². The molecule has 0 N–H and O–H groups in total. The highest BCUT2D eigenvalue weighted by molar-refractivity contribution is 14.1. The highest BCUT2D eigenvalue weighted by Gasteiger charge is 1.77. The summed E-state index contributed by atoms with van der Waals surface area (Å²) in [5.74, 6) is 1.41. The van der Waals surface area contributed by atoms with E-state index in [1.165, 1.54) is 5.94 Å². The topological polar surface area (TPSA) is 40.9 Å². The molecule has 0 saturated heterocycles. The van der Waals surface area contributed by atoms with E-state index in [1.54, 1.807) is 28.7 Å². The number of hydrogen-bond donors (Lipinski definition) is 0. The second kappa shape index (κ2) is 2.88. The number of rotatable bonds is 0. The lowest BCUT2D eigenvalue weighted by Crippen LogP contribution is -1.55. The van der Waals surface area contributed by atoms with Crippen LogP contribution in [0.3, 0.4) is 0 Å². The first-order chi connectivity index (χ1) is 2.81. The van der Waals surface area contributed by atoms with Crippen molar-refractivity contribution in [1.82, 2.24) is 0 Å². The van der Waals surface area contributed by atoms with Crippen molar-refractivity contribution in [2.75, 3.05) is 0 Å². The number of halogens is 1. The molecular formula is C3INO. The fourth-order valence-corrected chi connectivity index (χ4v) is 0.0228. The molecule has 0 aromatic rings. The van der Waals surface area contributed by atoms with Gasteiger partial charge in [-0.05, 0) is 22.6 Å². The van der Waals surface area contributed by atoms with E-state index in [4.69, 9.17) is 5.26 Å². The molecule has 0 aliphatic heterocycles. The third-order valence-corrected chi connectivity index (χ3v) is 0.649. The van der Waals surface area contributed by atoms with E-state index in [0.29, 0.717) is 0 Å². The highest BCUT2D eigenvalue weighted by Crippen LogP contribution is 1.93. The molecule has 0 spiro atoms. The van der Waals surface area contributed by atoms with Gasteiger partial charge in [0.1, 0.15) is 6.07 Å². The van der Waals surface area contributed by atoms with E-state index < -0.39 is 0 Å². The normalized spacial score (nSPS) is 5.33. The zero-order valence-corrected chi connectivity index (χ0v) is 4.89. The van der Waals surface area contributed by atoms with Crippen molar-refractivity contribution in [1.29, 1.82) is 5.26 Å². The van der Waals surface area contributed by atoms with Gasteiger partial charge in [-0.2, -0.15) is 5.26 Å². The molecular weight excluding hydrogens is 193 g/mol. The molecule has 0 heterocycles. The predicted octanol–water partition coefficient (Wildman–Crippen LogP) is 0.660. The standard InChI is InChI=1S/C3INO/c4-3(1-5)2-6. The van der Waals surface area contributed by atoms with Crippen LogP contribution in [-0.4, -0.2) is 5.94 Å². The Balaban J connectivity index is 3.99. The average Bonchev–Trinajstić information content (AvgIpc) is 1.65. The average molecular weight is 193 g/mol. The Morgan fingerprint density at radius 1 is 1.83 bits per heavy atom. The smallest absolute Gasteiger partial charge is 0.173 e. The summed E-state index contributed by atoms with van der Waals surface area (Å²) in [6.45, 7) is 0. The molecule has 0 atom stereocenters.